The molecule has 0 rings (SSSR count). The monoisotopic (exact) mass is 875 g/mol. The first-order valence-corrected chi connectivity index (χ1v) is 25.7. The van der Waals surface area contributed by atoms with Crippen molar-refractivity contribution in [2.75, 3.05) is 13.2 Å². The highest BCUT2D eigenvalue weighted by Gasteiger charge is 2.19. The smallest absolute Gasteiger partial charge is 0.306 e. The van der Waals surface area contributed by atoms with Gasteiger partial charge in [-0.1, -0.05) is 201 Å². The number of hydrogen-bond donors (Lipinski definition) is 0. The first-order valence-electron chi connectivity index (χ1n) is 25.7. The van der Waals surface area contributed by atoms with E-state index in [0.717, 1.165) is 141 Å². The van der Waals surface area contributed by atoms with Crippen molar-refractivity contribution in [3.05, 3.63) is 97.2 Å². The predicted octanol–water partition coefficient (Wildman–Crippen LogP) is 17.0. The Bertz CT molecular complexity index is 1280. The molecule has 0 amide bonds. The van der Waals surface area contributed by atoms with Gasteiger partial charge in [-0.3, -0.25) is 14.4 Å². The van der Waals surface area contributed by atoms with Crippen LogP contribution in [0.2, 0.25) is 0 Å². The number of hydrogen-bond acceptors (Lipinski definition) is 6. The predicted molar refractivity (Wildman–Crippen MR) is 270 cm³/mol. The summed E-state index contributed by atoms with van der Waals surface area (Å²) in [6, 6.07) is 0. The molecule has 0 saturated carbocycles. The van der Waals surface area contributed by atoms with E-state index in [1.54, 1.807) is 0 Å². The molecule has 0 aromatic rings. The molecule has 6 heteroatoms. The van der Waals surface area contributed by atoms with Gasteiger partial charge in [0.25, 0.3) is 0 Å². The number of carbonyl (C=O) groups is 3. The number of allylic oxidation sites excluding steroid dienone is 16. The molecule has 0 aromatic carbocycles. The van der Waals surface area contributed by atoms with E-state index in [0.29, 0.717) is 19.3 Å². The molecular formula is C57H94O6. The van der Waals surface area contributed by atoms with Gasteiger partial charge in [0.1, 0.15) is 13.2 Å². The molecule has 6 nitrogen and oxygen atoms in total. The van der Waals surface area contributed by atoms with Gasteiger partial charge < -0.3 is 14.2 Å². The minimum absolute atomic E-state index is 0.0885. The Morgan fingerprint density at radius 2 is 0.619 bits per heavy atom. The van der Waals surface area contributed by atoms with Gasteiger partial charge in [0.15, 0.2) is 6.10 Å². The van der Waals surface area contributed by atoms with Crippen LogP contribution < -0.4 is 0 Å². The van der Waals surface area contributed by atoms with Crippen LogP contribution in [0.1, 0.15) is 226 Å². The molecule has 1 atom stereocenters. The Kier molecular flexibility index (Phi) is 48.0. The zero-order valence-corrected chi connectivity index (χ0v) is 40.8. The highest BCUT2D eigenvalue weighted by atomic mass is 16.6. The van der Waals surface area contributed by atoms with Gasteiger partial charge in [0.05, 0.1) is 0 Å². The minimum Gasteiger partial charge on any atom is -0.462 e. The van der Waals surface area contributed by atoms with Crippen LogP contribution in [0.5, 0.6) is 0 Å². The second kappa shape index (κ2) is 51.0. The Hall–Kier alpha value is -3.67. The molecule has 0 N–H and O–H groups in total. The Labute approximate surface area is 387 Å². The van der Waals surface area contributed by atoms with Crippen molar-refractivity contribution in [3.8, 4) is 0 Å². The van der Waals surface area contributed by atoms with Gasteiger partial charge in [-0.2, -0.15) is 0 Å². The summed E-state index contributed by atoms with van der Waals surface area (Å²) in [7, 11) is 0. The average molecular weight is 875 g/mol. The molecule has 63 heavy (non-hydrogen) atoms. The van der Waals surface area contributed by atoms with Crippen LogP contribution in [0.4, 0.5) is 0 Å². The molecule has 0 aromatic heterocycles. The highest BCUT2D eigenvalue weighted by molar-refractivity contribution is 5.71. The molecule has 0 aliphatic heterocycles. The lowest BCUT2D eigenvalue weighted by molar-refractivity contribution is -0.167. The summed E-state index contributed by atoms with van der Waals surface area (Å²) >= 11 is 0. The molecule has 0 saturated heterocycles. The summed E-state index contributed by atoms with van der Waals surface area (Å²) in [5.41, 5.74) is 0. The molecule has 0 radical (unpaired) electrons. The molecule has 358 valence electrons. The van der Waals surface area contributed by atoms with Crippen LogP contribution in [-0.4, -0.2) is 37.2 Å². The van der Waals surface area contributed by atoms with Gasteiger partial charge in [0, 0.05) is 19.3 Å². The maximum Gasteiger partial charge on any atom is 0.306 e. The summed E-state index contributed by atoms with van der Waals surface area (Å²) in [4.78, 5) is 37.6. The maximum atomic E-state index is 12.7. The van der Waals surface area contributed by atoms with Gasteiger partial charge in [-0.25, -0.2) is 0 Å². The second-order valence-corrected chi connectivity index (χ2v) is 16.7. The van der Waals surface area contributed by atoms with Crippen LogP contribution in [0, 0.1) is 0 Å². The van der Waals surface area contributed by atoms with Crippen LogP contribution in [0.25, 0.3) is 0 Å². The fraction of sp³-hybridized carbons (Fsp3) is 0.667. The zero-order chi connectivity index (χ0) is 45.8. The molecule has 0 fully saturated rings. The Morgan fingerprint density at radius 1 is 0.333 bits per heavy atom. The van der Waals surface area contributed by atoms with Crippen molar-refractivity contribution in [1.82, 2.24) is 0 Å². The van der Waals surface area contributed by atoms with E-state index in [4.69, 9.17) is 14.2 Å². The zero-order valence-electron chi connectivity index (χ0n) is 40.8. The van der Waals surface area contributed by atoms with Crippen molar-refractivity contribution in [3.63, 3.8) is 0 Å². The van der Waals surface area contributed by atoms with Crippen molar-refractivity contribution in [1.29, 1.82) is 0 Å². The number of ether oxygens (including phenoxy) is 3. The lowest BCUT2D eigenvalue weighted by Crippen LogP contribution is -2.30. The molecule has 0 heterocycles. The van der Waals surface area contributed by atoms with E-state index < -0.39 is 6.10 Å². The molecule has 0 aliphatic rings. The summed E-state index contributed by atoms with van der Waals surface area (Å²) < 4.78 is 16.6. The number of unbranched alkanes of at least 4 members (excludes halogenated alkanes) is 18. The van der Waals surface area contributed by atoms with Crippen molar-refractivity contribution >= 4 is 17.9 Å². The van der Waals surface area contributed by atoms with E-state index in [2.05, 4.69) is 118 Å². The standard InChI is InChI=1S/C57H94O6/c1-4-7-10-13-15-17-19-21-22-23-24-25-26-27-28-29-30-31-32-33-34-36-37-39-41-44-47-50-56(59)62-53-54(52-61-55(58)49-46-43-12-9-6-3)63-57(60)51-48-45-42-40-38-35-20-18-16-14-11-8-5-2/h7,10,15,17-18,20-22,24-25,27-28,30-31,33-34,54H,4-6,8-9,11-14,16,19,23,26,29,32,35-53H2,1-3H3/b10-7-,17-15-,20-18-,22-21-,25-24-,28-27-,31-30-,34-33-. The molecule has 1 unspecified atom stereocenters. The van der Waals surface area contributed by atoms with Crippen LogP contribution in [-0.2, 0) is 28.6 Å². The molecule has 0 aliphatic carbocycles. The average Bonchev–Trinajstić information content (AvgIpc) is 3.28. The lowest BCUT2D eigenvalue weighted by atomic mass is 10.1. The fourth-order valence-corrected chi connectivity index (χ4v) is 6.71. The van der Waals surface area contributed by atoms with E-state index in [1.165, 1.54) is 44.9 Å². The van der Waals surface area contributed by atoms with E-state index >= 15 is 0 Å². The minimum atomic E-state index is -0.785. The summed E-state index contributed by atoms with van der Waals surface area (Å²) in [5, 5.41) is 0. The summed E-state index contributed by atoms with van der Waals surface area (Å²) in [6.07, 6.45) is 67.2. The molecular weight excluding hydrogens is 781 g/mol. The van der Waals surface area contributed by atoms with Gasteiger partial charge in [-0.05, 0) is 103 Å². The van der Waals surface area contributed by atoms with E-state index in [9.17, 15) is 14.4 Å². The lowest BCUT2D eigenvalue weighted by Gasteiger charge is -2.18. The Morgan fingerprint density at radius 3 is 1.00 bits per heavy atom. The third-order valence-corrected chi connectivity index (χ3v) is 10.6. The second-order valence-electron chi connectivity index (χ2n) is 16.7. The Balaban J connectivity index is 4.18. The summed E-state index contributed by atoms with van der Waals surface area (Å²) in [6.45, 7) is 6.38. The summed E-state index contributed by atoms with van der Waals surface area (Å²) in [5.74, 6) is -0.936. The van der Waals surface area contributed by atoms with Gasteiger partial charge in [0.2, 0.25) is 0 Å². The SMILES string of the molecule is CC/C=C\C/C=C\C/C=C\C/C=C\C/C=C\C/C=C\C/C=C\CCCCCCCC(=O)OCC(COC(=O)CCCCCCC)OC(=O)CCCCCCC/C=C\CCCCCC. The third kappa shape index (κ3) is 49.2. The van der Waals surface area contributed by atoms with Crippen molar-refractivity contribution in [2.24, 2.45) is 0 Å². The van der Waals surface area contributed by atoms with Crippen molar-refractivity contribution in [2.45, 2.75) is 232 Å². The van der Waals surface area contributed by atoms with Crippen molar-refractivity contribution < 1.29 is 28.6 Å². The quantitative estimate of drug-likeness (QED) is 0.0262. The maximum absolute atomic E-state index is 12.7. The number of rotatable bonds is 45. The van der Waals surface area contributed by atoms with Gasteiger partial charge in [-0.15, -0.1) is 0 Å². The normalized spacial score (nSPS) is 12.9. The van der Waals surface area contributed by atoms with Crippen LogP contribution >= 0.6 is 0 Å². The molecule has 0 bridgehead atoms. The fourth-order valence-electron chi connectivity index (χ4n) is 6.71. The highest BCUT2D eigenvalue weighted by Crippen LogP contribution is 2.13. The van der Waals surface area contributed by atoms with Crippen LogP contribution in [0.3, 0.4) is 0 Å². The van der Waals surface area contributed by atoms with Crippen LogP contribution in [0.15, 0.2) is 97.2 Å². The topological polar surface area (TPSA) is 78.9 Å². The first-order chi connectivity index (χ1) is 31.0. The van der Waals surface area contributed by atoms with E-state index in [1.807, 2.05) is 0 Å². The molecule has 0 spiro atoms. The number of carbonyl (C=O) groups excluding carboxylic acids is 3. The van der Waals surface area contributed by atoms with E-state index in [-0.39, 0.29) is 31.1 Å². The third-order valence-electron chi connectivity index (χ3n) is 10.6. The first kappa shape index (κ1) is 59.3. The number of esters is 3. The largest absolute Gasteiger partial charge is 0.462 e. The van der Waals surface area contributed by atoms with Gasteiger partial charge >= 0.3 is 17.9 Å².